The molecule has 4 rings (SSSR count). The van der Waals surface area contributed by atoms with Crippen molar-refractivity contribution in [2.45, 2.75) is 38.6 Å². The maximum absolute atomic E-state index is 12.6. The van der Waals surface area contributed by atoms with Crippen LogP contribution in [-0.2, 0) is 19.4 Å². The van der Waals surface area contributed by atoms with Crippen LogP contribution in [0.2, 0.25) is 0 Å². The van der Waals surface area contributed by atoms with Crippen LogP contribution in [0.15, 0.2) is 48.8 Å². The summed E-state index contributed by atoms with van der Waals surface area (Å²) in [6.45, 7) is 0.497. The van der Waals surface area contributed by atoms with Gasteiger partial charge in [0.2, 0.25) is 0 Å². The summed E-state index contributed by atoms with van der Waals surface area (Å²) in [5, 5.41) is 7.36. The number of amides is 1. The van der Waals surface area contributed by atoms with Gasteiger partial charge in [0.15, 0.2) is 0 Å². The van der Waals surface area contributed by atoms with E-state index in [1.165, 1.54) is 29.7 Å². The number of thiophene rings is 1. The average molecular weight is 351 g/mol. The fraction of sp³-hybridized carbons (Fsp3) is 0.300. The van der Waals surface area contributed by atoms with E-state index in [2.05, 4.69) is 16.5 Å². The van der Waals surface area contributed by atoms with Crippen LogP contribution in [-0.4, -0.2) is 15.7 Å². The Kier molecular flexibility index (Phi) is 4.65. The number of benzene rings is 1. The van der Waals surface area contributed by atoms with E-state index in [4.69, 9.17) is 0 Å². The van der Waals surface area contributed by atoms with E-state index in [1.807, 2.05) is 41.2 Å². The number of nitrogens with zero attached hydrogens (tertiary/aromatic N) is 2. The van der Waals surface area contributed by atoms with Gasteiger partial charge in [0.25, 0.3) is 5.91 Å². The largest absolute Gasteiger partial charge is 0.347 e. The van der Waals surface area contributed by atoms with Gasteiger partial charge in [-0.05, 0) is 55.0 Å². The maximum atomic E-state index is 12.6. The molecule has 1 aromatic carbocycles. The molecule has 0 saturated heterocycles. The van der Waals surface area contributed by atoms with Gasteiger partial charge < -0.3 is 5.32 Å². The molecule has 1 aliphatic rings. The molecule has 0 spiro atoms. The Balaban J connectivity index is 1.48. The molecule has 25 heavy (non-hydrogen) atoms. The summed E-state index contributed by atoms with van der Waals surface area (Å²) in [4.78, 5) is 14.8. The van der Waals surface area contributed by atoms with Crippen molar-refractivity contribution in [1.29, 1.82) is 0 Å². The predicted octanol–water partition coefficient (Wildman–Crippen LogP) is 4.13. The molecule has 0 fully saturated rings. The Labute approximate surface area is 151 Å². The molecule has 3 aromatic rings. The molecule has 1 amide bonds. The molecule has 0 bridgehead atoms. The Morgan fingerprint density at radius 1 is 1.16 bits per heavy atom. The highest BCUT2D eigenvalue weighted by Gasteiger charge is 2.16. The van der Waals surface area contributed by atoms with Gasteiger partial charge >= 0.3 is 0 Å². The van der Waals surface area contributed by atoms with Crippen molar-refractivity contribution >= 4 is 17.2 Å². The van der Waals surface area contributed by atoms with Crippen molar-refractivity contribution < 1.29 is 4.79 Å². The van der Waals surface area contributed by atoms with Crippen LogP contribution in [0.4, 0.5) is 0 Å². The molecule has 0 atom stereocenters. The molecule has 1 aliphatic carbocycles. The monoisotopic (exact) mass is 351 g/mol. The Bertz CT molecular complexity index is 843. The molecule has 2 heterocycles. The minimum Gasteiger partial charge on any atom is -0.347 e. The molecule has 0 saturated carbocycles. The second-order valence-corrected chi connectivity index (χ2v) is 7.52. The predicted molar refractivity (Wildman–Crippen MR) is 100 cm³/mol. The Morgan fingerprint density at radius 2 is 2.04 bits per heavy atom. The smallest absolute Gasteiger partial charge is 0.261 e. The van der Waals surface area contributed by atoms with E-state index in [0.29, 0.717) is 6.54 Å². The van der Waals surface area contributed by atoms with Crippen LogP contribution in [0.5, 0.6) is 0 Å². The lowest BCUT2D eigenvalue weighted by Crippen LogP contribution is -2.22. The summed E-state index contributed by atoms with van der Waals surface area (Å²) >= 11 is 1.66. The van der Waals surface area contributed by atoms with Crippen molar-refractivity contribution in [3.63, 3.8) is 0 Å². The summed E-state index contributed by atoms with van der Waals surface area (Å²) in [5.74, 6) is 0.0216. The number of carbonyl (C=O) groups is 1. The van der Waals surface area contributed by atoms with Crippen LogP contribution < -0.4 is 5.32 Å². The van der Waals surface area contributed by atoms with Crippen molar-refractivity contribution in [2.75, 3.05) is 0 Å². The molecule has 1 N–H and O–H groups in total. The topological polar surface area (TPSA) is 46.9 Å². The van der Waals surface area contributed by atoms with E-state index in [1.54, 1.807) is 17.5 Å². The summed E-state index contributed by atoms with van der Waals surface area (Å²) < 4.78 is 1.83. The maximum Gasteiger partial charge on any atom is 0.261 e. The Morgan fingerprint density at radius 3 is 2.92 bits per heavy atom. The third-order valence-electron chi connectivity index (χ3n) is 4.65. The molecule has 0 aliphatic heterocycles. The first-order valence-corrected chi connectivity index (χ1v) is 9.60. The molecule has 5 heteroatoms. The van der Waals surface area contributed by atoms with Gasteiger partial charge in [-0.3, -0.25) is 4.79 Å². The minimum atomic E-state index is 0.0216. The van der Waals surface area contributed by atoms with E-state index in [0.717, 1.165) is 29.0 Å². The lowest BCUT2D eigenvalue weighted by atomic mass is 10.1. The number of hydrogen-bond donors (Lipinski definition) is 1. The van der Waals surface area contributed by atoms with E-state index >= 15 is 0 Å². The van der Waals surface area contributed by atoms with E-state index in [-0.39, 0.29) is 5.91 Å². The van der Waals surface area contributed by atoms with Gasteiger partial charge in [0.1, 0.15) is 0 Å². The zero-order valence-electron chi connectivity index (χ0n) is 14.1. The summed E-state index contributed by atoms with van der Waals surface area (Å²) in [7, 11) is 0. The molecular weight excluding hydrogens is 330 g/mol. The van der Waals surface area contributed by atoms with Crippen molar-refractivity contribution in [3.8, 4) is 5.69 Å². The molecule has 4 nitrogen and oxygen atoms in total. The van der Waals surface area contributed by atoms with Gasteiger partial charge in [0.05, 0.1) is 10.6 Å². The van der Waals surface area contributed by atoms with Crippen LogP contribution in [0.3, 0.4) is 0 Å². The minimum absolute atomic E-state index is 0.0216. The Hall–Kier alpha value is -2.40. The summed E-state index contributed by atoms with van der Waals surface area (Å²) in [5.41, 5.74) is 3.43. The summed E-state index contributed by atoms with van der Waals surface area (Å²) in [6, 6.07) is 12.0. The molecular formula is C20H21N3OS. The lowest BCUT2D eigenvalue weighted by molar-refractivity contribution is 0.0955. The molecule has 0 radical (unpaired) electrons. The first kappa shape index (κ1) is 16.1. The quantitative estimate of drug-likeness (QED) is 0.718. The SMILES string of the molecule is O=C(NCc1ccccc1-n1cccn1)c1cc2c(s1)CCCCC2. The standard InChI is InChI=1S/C20H21N3OS/c24-20(19-13-15-7-2-1-3-10-18(15)25-19)21-14-16-8-4-5-9-17(16)23-12-6-11-22-23/h4-6,8-9,11-13H,1-3,7,10,14H2,(H,21,24). The van der Waals surface area contributed by atoms with Gasteiger partial charge in [-0.2, -0.15) is 5.10 Å². The van der Waals surface area contributed by atoms with E-state index in [9.17, 15) is 4.79 Å². The van der Waals surface area contributed by atoms with Gasteiger partial charge in [0, 0.05) is 23.8 Å². The number of rotatable bonds is 4. The number of fused-ring (bicyclic) bond motifs is 1. The zero-order chi connectivity index (χ0) is 17.1. The average Bonchev–Trinajstić information content (AvgIpc) is 3.26. The second-order valence-electron chi connectivity index (χ2n) is 6.38. The molecule has 0 unspecified atom stereocenters. The van der Waals surface area contributed by atoms with Crippen LogP contribution in [0, 0.1) is 0 Å². The van der Waals surface area contributed by atoms with Crippen molar-refractivity contribution in [3.05, 3.63) is 69.7 Å². The van der Waals surface area contributed by atoms with Crippen LogP contribution >= 0.6 is 11.3 Å². The number of para-hydroxylation sites is 1. The third-order valence-corrected chi connectivity index (χ3v) is 5.89. The van der Waals surface area contributed by atoms with Gasteiger partial charge in [-0.15, -0.1) is 11.3 Å². The molecule has 128 valence electrons. The fourth-order valence-electron chi connectivity index (χ4n) is 3.34. The van der Waals surface area contributed by atoms with Crippen LogP contribution in [0.25, 0.3) is 5.69 Å². The molecule has 2 aromatic heterocycles. The summed E-state index contributed by atoms with van der Waals surface area (Å²) in [6.07, 6.45) is 9.68. The van der Waals surface area contributed by atoms with Gasteiger partial charge in [-0.25, -0.2) is 4.68 Å². The number of aryl methyl sites for hydroxylation is 2. The fourth-order valence-corrected chi connectivity index (χ4v) is 4.51. The first-order chi connectivity index (χ1) is 12.3. The second kappa shape index (κ2) is 7.23. The van der Waals surface area contributed by atoms with Crippen molar-refractivity contribution in [2.24, 2.45) is 0 Å². The normalized spacial score (nSPS) is 13.9. The zero-order valence-corrected chi connectivity index (χ0v) is 14.9. The number of hydrogen-bond acceptors (Lipinski definition) is 3. The third kappa shape index (κ3) is 3.51. The number of nitrogens with one attached hydrogen (secondary N) is 1. The van der Waals surface area contributed by atoms with Gasteiger partial charge in [-0.1, -0.05) is 24.6 Å². The highest BCUT2D eigenvalue weighted by Crippen LogP contribution is 2.29. The highest BCUT2D eigenvalue weighted by molar-refractivity contribution is 7.14. The van der Waals surface area contributed by atoms with Crippen molar-refractivity contribution in [1.82, 2.24) is 15.1 Å². The highest BCUT2D eigenvalue weighted by atomic mass is 32.1. The first-order valence-electron chi connectivity index (χ1n) is 8.79. The lowest BCUT2D eigenvalue weighted by Gasteiger charge is -2.10. The number of aromatic nitrogens is 2. The number of carbonyl (C=O) groups excluding carboxylic acids is 1. The van der Waals surface area contributed by atoms with E-state index < -0.39 is 0 Å². The van der Waals surface area contributed by atoms with Crippen LogP contribution in [0.1, 0.15) is 44.9 Å².